The molecule has 2 nitrogen and oxygen atoms in total. The molecule has 11 heavy (non-hydrogen) atoms. The number of aromatic nitrogens is 1. The smallest absolute Gasteiger partial charge is 0.149 e. The Morgan fingerprint density at radius 1 is 1.36 bits per heavy atom. The lowest BCUT2D eigenvalue weighted by Gasteiger charge is -2.06. The molecule has 0 aliphatic carbocycles. The van der Waals surface area contributed by atoms with Gasteiger partial charge in [0, 0.05) is 11.6 Å². The number of nitrogens with two attached hydrogens (primary N) is 1. The van der Waals surface area contributed by atoms with Gasteiger partial charge >= 0.3 is 0 Å². The van der Waals surface area contributed by atoms with Gasteiger partial charge in [-0.05, 0) is 6.92 Å². The molecule has 0 aliphatic heterocycles. The minimum absolute atomic E-state index is 0.111. The predicted molar refractivity (Wildman–Crippen MR) is 36.8 cm³/mol. The average molecular weight is 158 g/mol. The van der Waals surface area contributed by atoms with Gasteiger partial charge < -0.3 is 5.73 Å². The van der Waals surface area contributed by atoms with Crippen LogP contribution in [-0.4, -0.2) is 4.98 Å². The summed E-state index contributed by atoms with van der Waals surface area (Å²) in [6.07, 6.45) is 1.89. The van der Waals surface area contributed by atoms with Crippen LogP contribution in [0.15, 0.2) is 12.4 Å². The van der Waals surface area contributed by atoms with Crippen LogP contribution in [0.2, 0.25) is 0 Å². The van der Waals surface area contributed by atoms with Gasteiger partial charge in [-0.15, -0.1) is 0 Å². The van der Waals surface area contributed by atoms with E-state index in [2.05, 4.69) is 4.98 Å². The maximum atomic E-state index is 12.7. The van der Waals surface area contributed by atoms with E-state index in [0.29, 0.717) is 0 Å². The molecule has 0 aliphatic rings. The van der Waals surface area contributed by atoms with Gasteiger partial charge in [-0.2, -0.15) is 0 Å². The molecule has 0 saturated carbocycles. The van der Waals surface area contributed by atoms with Crippen molar-refractivity contribution in [2.75, 3.05) is 0 Å². The molecule has 0 bridgehead atoms. The zero-order chi connectivity index (χ0) is 8.43. The van der Waals surface area contributed by atoms with Gasteiger partial charge in [0.1, 0.15) is 11.6 Å². The standard InChI is InChI=1S/C7H8F2N2/c1-4(10)7-5(8)2-11-3-6(7)9/h2-4H,10H2,1H3/t4-/m1/s1. The zero-order valence-corrected chi connectivity index (χ0v) is 6.01. The van der Waals surface area contributed by atoms with Gasteiger partial charge in [-0.25, -0.2) is 8.78 Å². The lowest BCUT2D eigenvalue weighted by Crippen LogP contribution is -2.10. The Morgan fingerprint density at radius 3 is 2.09 bits per heavy atom. The van der Waals surface area contributed by atoms with Crippen molar-refractivity contribution in [3.63, 3.8) is 0 Å². The van der Waals surface area contributed by atoms with E-state index in [4.69, 9.17) is 5.73 Å². The normalized spacial score (nSPS) is 13.1. The van der Waals surface area contributed by atoms with Crippen molar-refractivity contribution in [1.29, 1.82) is 0 Å². The minimum Gasteiger partial charge on any atom is -0.324 e. The van der Waals surface area contributed by atoms with E-state index >= 15 is 0 Å². The lowest BCUT2D eigenvalue weighted by molar-refractivity contribution is 0.528. The van der Waals surface area contributed by atoms with E-state index in [1.165, 1.54) is 6.92 Å². The Bertz CT molecular complexity index is 240. The predicted octanol–water partition coefficient (Wildman–Crippen LogP) is 1.38. The Balaban J connectivity index is 3.21. The van der Waals surface area contributed by atoms with Crippen LogP contribution in [0, 0.1) is 11.6 Å². The molecule has 1 aromatic heterocycles. The van der Waals surface area contributed by atoms with Gasteiger partial charge in [-0.1, -0.05) is 0 Å². The molecule has 60 valence electrons. The fourth-order valence-electron chi connectivity index (χ4n) is 0.856. The summed E-state index contributed by atoms with van der Waals surface area (Å²) in [5, 5.41) is 0. The van der Waals surface area contributed by atoms with Crippen LogP contribution >= 0.6 is 0 Å². The molecule has 0 aromatic carbocycles. The summed E-state index contributed by atoms with van der Waals surface area (Å²) in [5.74, 6) is -1.39. The van der Waals surface area contributed by atoms with Crippen LogP contribution in [0.3, 0.4) is 0 Å². The summed E-state index contributed by atoms with van der Waals surface area (Å²) < 4.78 is 25.4. The Hall–Kier alpha value is -1.03. The number of rotatable bonds is 1. The van der Waals surface area contributed by atoms with Crippen LogP contribution in [0.25, 0.3) is 0 Å². The molecular formula is C7H8F2N2. The molecule has 0 radical (unpaired) electrons. The third kappa shape index (κ3) is 1.51. The molecule has 0 unspecified atom stereocenters. The van der Waals surface area contributed by atoms with Gasteiger partial charge in [0.2, 0.25) is 0 Å². The van der Waals surface area contributed by atoms with E-state index in [-0.39, 0.29) is 5.56 Å². The van der Waals surface area contributed by atoms with Crippen molar-refractivity contribution < 1.29 is 8.78 Å². The molecule has 1 rings (SSSR count). The summed E-state index contributed by atoms with van der Waals surface area (Å²) in [6.45, 7) is 1.52. The van der Waals surface area contributed by atoms with Gasteiger partial charge in [0.25, 0.3) is 0 Å². The highest BCUT2D eigenvalue weighted by Crippen LogP contribution is 2.16. The lowest BCUT2D eigenvalue weighted by atomic mass is 10.1. The van der Waals surface area contributed by atoms with Crippen molar-refractivity contribution in [3.8, 4) is 0 Å². The number of pyridine rings is 1. The van der Waals surface area contributed by atoms with Crippen molar-refractivity contribution in [2.24, 2.45) is 5.73 Å². The number of hydrogen-bond donors (Lipinski definition) is 1. The topological polar surface area (TPSA) is 38.9 Å². The van der Waals surface area contributed by atoms with Crippen molar-refractivity contribution in [1.82, 2.24) is 4.98 Å². The fraction of sp³-hybridized carbons (Fsp3) is 0.286. The third-order valence-corrected chi connectivity index (χ3v) is 1.35. The van der Waals surface area contributed by atoms with Crippen LogP contribution < -0.4 is 5.73 Å². The van der Waals surface area contributed by atoms with E-state index in [1.807, 2.05) is 0 Å². The van der Waals surface area contributed by atoms with Gasteiger partial charge in [-0.3, -0.25) is 4.98 Å². The summed E-state index contributed by atoms with van der Waals surface area (Å²) in [4.78, 5) is 3.32. The summed E-state index contributed by atoms with van der Waals surface area (Å²) in [5.41, 5.74) is 5.20. The van der Waals surface area contributed by atoms with Crippen LogP contribution in [0.4, 0.5) is 8.78 Å². The molecule has 0 spiro atoms. The molecule has 0 amide bonds. The number of halogens is 2. The van der Waals surface area contributed by atoms with Crippen molar-refractivity contribution >= 4 is 0 Å². The van der Waals surface area contributed by atoms with Crippen LogP contribution in [-0.2, 0) is 0 Å². The molecular weight excluding hydrogens is 150 g/mol. The Morgan fingerprint density at radius 2 is 1.82 bits per heavy atom. The first kappa shape index (κ1) is 8.07. The summed E-state index contributed by atoms with van der Waals surface area (Å²) >= 11 is 0. The second-order valence-corrected chi connectivity index (χ2v) is 2.31. The molecule has 2 N–H and O–H groups in total. The zero-order valence-electron chi connectivity index (χ0n) is 6.01. The first-order chi connectivity index (χ1) is 5.13. The highest BCUT2D eigenvalue weighted by Gasteiger charge is 2.12. The van der Waals surface area contributed by atoms with E-state index in [1.54, 1.807) is 0 Å². The van der Waals surface area contributed by atoms with E-state index in [9.17, 15) is 8.78 Å². The monoisotopic (exact) mass is 158 g/mol. The van der Waals surface area contributed by atoms with E-state index < -0.39 is 17.7 Å². The largest absolute Gasteiger partial charge is 0.324 e. The highest BCUT2D eigenvalue weighted by molar-refractivity contribution is 5.18. The SMILES string of the molecule is C[C@@H](N)c1c(F)cncc1F. The average Bonchev–Trinajstić information content (AvgIpc) is 1.85. The summed E-state index contributed by atoms with van der Waals surface area (Å²) in [7, 11) is 0. The summed E-state index contributed by atoms with van der Waals surface area (Å²) in [6, 6.07) is -0.641. The molecule has 4 heteroatoms. The fourth-order valence-corrected chi connectivity index (χ4v) is 0.856. The van der Waals surface area contributed by atoms with Crippen molar-refractivity contribution in [3.05, 3.63) is 29.6 Å². The minimum atomic E-state index is -0.694. The molecule has 1 heterocycles. The number of nitrogens with zero attached hydrogens (tertiary/aromatic N) is 1. The molecule has 1 aromatic rings. The molecule has 1 atom stereocenters. The molecule has 0 saturated heterocycles. The number of hydrogen-bond acceptors (Lipinski definition) is 2. The first-order valence-electron chi connectivity index (χ1n) is 3.17. The Kier molecular flexibility index (Phi) is 2.14. The maximum absolute atomic E-state index is 12.7. The van der Waals surface area contributed by atoms with Gasteiger partial charge in [0.05, 0.1) is 12.4 Å². The Labute approximate surface area is 63.1 Å². The quantitative estimate of drug-likeness (QED) is 0.670. The van der Waals surface area contributed by atoms with E-state index in [0.717, 1.165) is 12.4 Å². The molecule has 0 fully saturated rings. The van der Waals surface area contributed by atoms with Crippen LogP contribution in [0.1, 0.15) is 18.5 Å². The maximum Gasteiger partial charge on any atom is 0.149 e. The third-order valence-electron chi connectivity index (χ3n) is 1.35. The second-order valence-electron chi connectivity index (χ2n) is 2.31. The van der Waals surface area contributed by atoms with Crippen LogP contribution in [0.5, 0.6) is 0 Å². The first-order valence-corrected chi connectivity index (χ1v) is 3.17. The van der Waals surface area contributed by atoms with Gasteiger partial charge in [0.15, 0.2) is 0 Å². The highest BCUT2D eigenvalue weighted by atomic mass is 19.1. The van der Waals surface area contributed by atoms with Crippen molar-refractivity contribution in [2.45, 2.75) is 13.0 Å². The second kappa shape index (κ2) is 2.92.